The van der Waals surface area contributed by atoms with Crippen LogP contribution in [0.1, 0.15) is 49.3 Å². The number of benzene rings is 2. The van der Waals surface area contributed by atoms with E-state index in [1.54, 1.807) is 35.2 Å². The van der Waals surface area contributed by atoms with Crippen molar-refractivity contribution < 1.29 is 38.5 Å². The summed E-state index contributed by atoms with van der Waals surface area (Å²) in [5.74, 6) is -3.90. The molecule has 0 radical (unpaired) electrons. The summed E-state index contributed by atoms with van der Waals surface area (Å²) in [7, 11) is 1.51. The van der Waals surface area contributed by atoms with Gasteiger partial charge in [-0.1, -0.05) is 82.1 Å². The van der Waals surface area contributed by atoms with Gasteiger partial charge in [-0.15, -0.1) is 0 Å². The molecule has 3 amide bonds. The zero-order valence-electron chi connectivity index (χ0n) is 28.6. The number of rotatable bonds is 9. The number of cyclic esters (lactones) is 1. The van der Waals surface area contributed by atoms with E-state index in [1.807, 2.05) is 43.3 Å². The fourth-order valence-corrected chi connectivity index (χ4v) is 8.94. The number of hydrogen-bond donors (Lipinski definition) is 2. The number of para-hydroxylation sites is 1. The molecule has 5 bridgehead atoms. The Bertz CT molecular complexity index is 1680. The Morgan fingerprint density at radius 1 is 1.02 bits per heavy atom. The number of anilines is 1. The third-order valence-electron chi connectivity index (χ3n) is 10.1. The monoisotopic (exact) mass is 783 g/mol. The summed E-state index contributed by atoms with van der Waals surface area (Å²) in [5.41, 5.74) is 0.415. The number of nitrogens with one attached hydrogen (secondary N) is 1. The van der Waals surface area contributed by atoms with Crippen LogP contribution in [0.15, 0.2) is 71.2 Å². The van der Waals surface area contributed by atoms with Gasteiger partial charge < -0.3 is 34.4 Å². The number of nitrogens with zero attached hydrogens (tertiary/aromatic N) is 2. The zero-order valence-corrected chi connectivity index (χ0v) is 31.0. The molecule has 4 aliphatic rings. The zero-order chi connectivity index (χ0) is 36.3. The number of halogens is 2. The second kappa shape index (κ2) is 16.0. The molecule has 272 valence electrons. The second-order valence-electron chi connectivity index (χ2n) is 13.4. The van der Waals surface area contributed by atoms with Crippen molar-refractivity contribution in [1.29, 1.82) is 0 Å². The fourth-order valence-electron chi connectivity index (χ4n) is 7.89. The van der Waals surface area contributed by atoms with Crippen molar-refractivity contribution in [2.45, 2.75) is 68.9 Å². The fraction of sp³-hybridized carbons (Fsp3) is 0.474. The van der Waals surface area contributed by atoms with Gasteiger partial charge in [0.15, 0.2) is 0 Å². The Labute approximate surface area is 311 Å². The van der Waals surface area contributed by atoms with Crippen LogP contribution in [0.2, 0.25) is 5.02 Å². The number of unbranched alkanes of at least 4 members (excludes halogenated alkanes) is 2. The van der Waals surface area contributed by atoms with Crippen molar-refractivity contribution in [2.24, 2.45) is 11.8 Å². The van der Waals surface area contributed by atoms with Crippen molar-refractivity contribution >= 4 is 56.9 Å². The van der Waals surface area contributed by atoms with Crippen molar-refractivity contribution in [2.75, 3.05) is 38.3 Å². The number of hydrogen-bond acceptors (Lipinski definition) is 8. The lowest BCUT2D eigenvalue weighted by Gasteiger charge is -2.36. The van der Waals surface area contributed by atoms with Gasteiger partial charge in [0.05, 0.1) is 29.3 Å². The number of carbonyl (C=O) groups is 4. The summed E-state index contributed by atoms with van der Waals surface area (Å²) in [6.45, 7) is 2.25. The van der Waals surface area contributed by atoms with Gasteiger partial charge in [-0.3, -0.25) is 19.2 Å². The summed E-state index contributed by atoms with van der Waals surface area (Å²) < 4.78 is 19.0. The summed E-state index contributed by atoms with van der Waals surface area (Å²) in [5, 5.41) is 12.8. The maximum atomic E-state index is 15.1. The SMILES string of the molecule is COC[C@H]1NC(=O)CC/C=C\CN(c2c(C)cccc2Cl)C(=O)[C@@H]2N(CCCCCO)C(=O)[C@H]3[C@H](C(=O)O[C@@H]1c1ccccc1)[C@H]1O[C@@]23C=C1Br. The number of allylic oxidation sites excluding steroid dienone is 1. The lowest BCUT2D eigenvalue weighted by atomic mass is 9.74. The Morgan fingerprint density at radius 3 is 2.53 bits per heavy atom. The van der Waals surface area contributed by atoms with E-state index >= 15 is 4.79 Å². The molecule has 2 N–H and O–H groups in total. The maximum Gasteiger partial charge on any atom is 0.313 e. The average molecular weight is 785 g/mol. The van der Waals surface area contributed by atoms with Crippen molar-refractivity contribution in [3.8, 4) is 0 Å². The first-order valence-corrected chi connectivity index (χ1v) is 18.5. The number of likely N-dealkylation sites (tertiary alicyclic amines) is 1. The van der Waals surface area contributed by atoms with Gasteiger partial charge in [0.1, 0.15) is 29.8 Å². The normalized spacial score (nSPS) is 30.3. The minimum absolute atomic E-state index is 0.0102. The molecular weight excluding hydrogens is 742 g/mol. The highest BCUT2D eigenvalue weighted by Crippen LogP contribution is 2.59. The number of aryl methyl sites for hydroxylation is 1. The molecule has 7 atom stereocenters. The molecule has 2 aromatic carbocycles. The van der Waals surface area contributed by atoms with E-state index in [1.165, 1.54) is 12.0 Å². The van der Waals surface area contributed by atoms with Crippen LogP contribution in [0, 0.1) is 18.8 Å². The van der Waals surface area contributed by atoms with Crippen molar-refractivity contribution in [3.63, 3.8) is 0 Å². The Morgan fingerprint density at radius 2 is 1.80 bits per heavy atom. The smallest absolute Gasteiger partial charge is 0.313 e. The van der Waals surface area contributed by atoms with Gasteiger partial charge in [0, 0.05) is 37.7 Å². The first-order chi connectivity index (χ1) is 24.6. The van der Waals surface area contributed by atoms with Crippen LogP contribution in [-0.4, -0.2) is 90.9 Å². The lowest BCUT2D eigenvalue weighted by Crippen LogP contribution is -2.56. The van der Waals surface area contributed by atoms with Crippen LogP contribution >= 0.6 is 27.5 Å². The second-order valence-corrected chi connectivity index (χ2v) is 14.7. The van der Waals surface area contributed by atoms with Crippen LogP contribution < -0.4 is 10.2 Å². The Kier molecular flexibility index (Phi) is 11.7. The standard InChI is InChI=1S/C38H43BrClN3O8/c1-23-13-12-16-26(40)31(23)42-18-9-4-8-17-28(45)41-27(22-49-2)32(24-14-6-3-7-15-24)50-37(48)29-30-35(46)43(19-10-5-11-20-44)34(36(42)47)38(30)21-25(39)33(29)51-38/h3-4,6-7,9,12-16,21,27,29-30,32-34,44H,5,8,10-11,17-20,22H2,1-2H3,(H,41,45)/b9-4-/t27-,29+,30-,32-,33+,34+,38-/m1/s1. The van der Waals surface area contributed by atoms with Gasteiger partial charge in [0.2, 0.25) is 11.8 Å². The van der Waals surface area contributed by atoms with E-state index in [9.17, 15) is 19.5 Å². The molecule has 51 heavy (non-hydrogen) atoms. The minimum Gasteiger partial charge on any atom is -0.455 e. The molecule has 0 aromatic heterocycles. The molecule has 11 nitrogen and oxygen atoms in total. The molecule has 6 rings (SSSR count). The molecule has 4 aliphatic heterocycles. The molecule has 0 aliphatic carbocycles. The molecule has 4 heterocycles. The van der Waals surface area contributed by atoms with E-state index in [0.29, 0.717) is 46.4 Å². The lowest BCUT2D eigenvalue weighted by molar-refractivity contribution is -0.162. The summed E-state index contributed by atoms with van der Waals surface area (Å²) in [4.78, 5) is 60.7. The number of aliphatic hydroxyl groups is 1. The molecule has 2 saturated heterocycles. The van der Waals surface area contributed by atoms with Crippen molar-refractivity contribution in [3.05, 3.63) is 87.4 Å². The number of ether oxygens (including phenoxy) is 3. The van der Waals surface area contributed by atoms with Crippen LogP contribution in [0.3, 0.4) is 0 Å². The third kappa shape index (κ3) is 7.13. The van der Waals surface area contributed by atoms with Gasteiger partial charge in [-0.05, 0) is 55.9 Å². The topological polar surface area (TPSA) is 135 Å². The van der Waals surface area contributed by atoms with Gasteiger partial charge in [-0.25, -0.2) is 0 Å². The highest BCUT2D eigenvalue weighted by Gasteiger charge is 2.75. The van der Waals surface area contributed by atoms with Crippen LogP contribution in [-0.2, 0) is 33.4 Å². The molecule has 13 heteroatoms. The molecular formula is C38H43BrClN3O8. The van der Waals surface area contributed by atoms with E-state index in [4.69, 9.17) is 25.8 Å². The number of esters is 1. The van der Waals surface area contributed by atoms with E-state index in [-0.39, 0.29) is 44.5 Å². The van der Waals surface area contributed by atoms with Crippen LogP contribution in [0.5, 0.6) is 0 Å². The Hall–Kier alpha value is -3.55. The number of methoxy groups -OCH3 is 1. The minimum atomic E-state index is -1.48. The predicted molar refractivity (Wildman–Crippen MR) is 194 cm³/mol. The maximum absolute atomic E-state index is 15.1. The van der Waals surface area contributed by atoms with E-state index < -0.39 is 53.6 Å². The molecule has 2 fully saturated rings. The predicted octanol–water partition coefficient (Wildman–Crippen LogP) is 4.78. The summed E-state index contributed by atoms with van der Waals surface area (Å²) >= 11 is 10.4. The molecule has 2 aromatic rings. The highest BCUT2D eigenvalue weighted by molar-refractivity contribution is 9.11. The molecule has 0 unspecified atom stereocenters. The summed E-state index contributed by atoms with van der Waals surface area (Å²) in [6, 6.07) is 12.6. The summed E-state index contributed by atoms with van der Waals surface area (Å²) in [6.07, 6.45) is 5.82. The van der Waals surface area contributed by atoms with Crippen LogP contribution in [0.4, 0.5) is 5.69 Å². The quantitative estimate of drug-likeness (QED) is 0.211. The van der Waals surface area contributed by atoms with Gasteiger partial charge in [-0.2, -0.15) is 0 Å². The molecule has 0 saturated carbocycles. The highest BCUT2D eigenvalue weighted by atomic mass is 79.9. The van der Waals surface area contributed by atoms with Crippen LogP contribution in [0.25, 0.3) is 0 Å². The number of carbonyl (C=O) groups excluding carboxylic acids is 4. The van der Waals surface area contributed by atoms with E-state index in [2.05, 4.69) is 21.2 Å². The molecule has 1 spiro atoms. The average Bonchev–Trinajstić information content (AvgIpc) is 3.70. The van der Waals surface area contributed by atoms with Gasteiger partial charge >= 0.3 is 5.97 Å². The first kappa shape index (κ1) is 37.2. The number of fused-ring (bicyclic) bond motifs is 2. The van der Waals surface area contributed by atoms with Gasteiger partial charge in [0.25, 0.3) is 5.91 Å². The third-order valence-corrected chi connectivity index (χ3v) is 11.1. The Balaban J connectivity index is 1.48. The first-order valence-electron chi connectivity index (χ1n) is 17.4. The van der Waals surface area contributed by atoms with E-state index in [0.717, 1.165) is 5.56 Å². The number of amides is 3. The largest absolute Gasteiger partial charge is 0.455 e. The van der Waals surface area contributed by atoms with Crippen molar-refractivity contribution in [1.82, 2.24) is 10.2 Å². The number of aliphatic hydroxyl groups excluding tert-OH is 1.